The lowest BCUT2D eigenvalue weighted by atomic mass is 9.98. The van der Waals surface area contributed by atoms with Gasteiger partial charge in [0.25, 0.3) is 0 Å². The van der Waals surface area contributed by atoms with E-state index in [4.69, 9.17) is 0 Å². The van der Waals surface area contributed by atoms with Crippen LogP contribution in [0.2, 0.25) is 0 Å². The average molecular weight is 204 g/mol. The van der Waals surface area contributed by atoms with E-state index < -0.39 is 0 Å². The fourth-order valence-corrected chi connectivity index (χ4v) is 1.96. The number of aromatic nitrogens is 1. The summed E-state index contributed by atoms with van der Waals surface area (Å²) in [5.41, 5.74) is 1.08. The second-order valence-corrected chi connectivity index (χ2v) is 4.17. The van der Waals surface area contributed by atoms with E-state index in [-0.39, 0.29) is 5.92 Å². The molecule has 80 valence electrons. The predicted molar refractivity (Wildman–Crippen MR) is 58.3 cm³/mol. The van der Waals surface area contributed by atoms with Crippen molar-refractivity contribution in [2.45, 2.75) is 19.9 Å². The number of Topliss-reactive ketones (excluding diaryl/α,β-unsaturated/α-hetero) is 1. The Balaban J connectivity index is 1.94. The van der Waals surface area contributed by atoms with Crippen LogP contribution in [0.15, 0.2) is 24.4 Å². The number of carbonyl (C=O) groups is 1. The third kappa shape index (κ3) is 2.63. The number of likely N-dealkylation sites (tertiary alicyclic amines) is 1. The molecule has 1 aromatic heterocycles. The Morgan fingerprint density at radius 1 is 1.53 bits per heavy atom. The molecule has 0 unspecified atom stereocenters. The largest absolute Gasteiger partial charge is 0.299 e. The highest BCUT2D eigenvalue weighted by Gasteiger charge is 2.23. The zero-order valence-corrected chi connectivity index (χ0v) is 9.02. The molecule has 3 nitrogen and oxygen atoms in total. The van der Waals surface area contributed by atoms with Crippen LogP contribution in [-0.2, 0) is 11.3 Å². The Labute approximate surface area is 90.1 Å². The molecule has 3 heteroatoms. The van der Waals surface area contributed by atoms with Crippen molar-refractivity contribution in [1.82, 2.24) is 9.88 Å². The molecule has 1 aliphatic heterocycles. The van der Waals surface area contributed by atoms with Crippen LogP contribution in [-0.4, -0.2) is 28.8 Å². The fourth-order valence-electron chi connectivity index (χ4n) is 1.96. The Morgan fingerprint density at radius 3 is 3.07 bits per heavy atom. The first-order chi connectivity index (χ1) is 7.25. The van der Waals surface area contributed by atoms with Crippen molar-refractivity contribution in [1.29, 1.82) is 0 Å². The lowest BCUT2D eigenvalue weighted by Crippen LogP contribution is -2.39. The summed E-state index contributed by atoms with van der Waals surface area (Å²) in [7, 11) is 0. The van der Waals surface area contributed by atoms with Crippen molar-refractivity contribution >= 4 is 5.78 Å². The van der Waals surface area contributed by atoms with Gasteiger partial charge >= 0.3 is 0 Å². The number of hydrogen-bond acceptors (Lipinski definition) is 3. The fraction of sp³-hybridized carbons (Fsp3) is 0.500. The van der Waals surface area contributed by atoms with Crippen LogP contribution in [0.5, 0.6) is 0 Å². The van der Waals surface area contributed by atoms with E-state index in [0.29, 0.717) is 12.2 Å². The van der Waals surface area contributed by atoms with E-state index in [1.165, 1.54) is 0 Å². The molecular weight excluding hydrogens is 188 g/mol. The highest BCUT2D eigenvalue weighted by Crippen LogP contribution is 2.14. The van der Waals surface area contributed by atoms with Crippen molar-refractivity contribution in [2.24, 2.45) is 5.92 Å². The Bertz CT molecular complexity index is 337. The van der Waals surface area contributed by atoms with Crippen LogP contribution < -0.4 is 0 Å². The second kappa shape index (κ2) is 4.53. The molecule has 15 heavy (non-hydrogen) atoms. The molecular formula is C12H16N2O. The summed E-state index contributed by atoms with van der Waals surface area (Å²) in [5.74, 6) is 0.578. The van der Waals surface area contributed by atoms with Crippen molar-refractivity contribution < 1.29 is 4.79 Å². The maximum atomic E-state index is 11.3. The molecule has 1 fully saturated rings. The first kappa shape index (κ1) is 10.3. The maximum absolute atomic E-state index is 11.3. The molecule has 1 aliphatic rings. The molecule has 0 aromatic carbocycles. The molecule has 0 bridgehead atoms. The van der Waals surface area contributed by atoms with Gasteiger partial charge in [0, 0.05) is 38.2 Å². The number of ketones is 1. The highest BCUT2D eigenvalue weighted by atomic mass is 16.1. The van der Waals surface area contributed by atoms with Gasteiger partial charge < -0.3 is 0 Å². The number of carbonyl (C=O) groups excluding carboxylic acids is 1. The van der Waals surface area contributed by atoms with Crippen molar-refractivity contribution in [3.8, 4) is 0 Å². The van der Waals surface area contributed by atoms with Gasteiger partial charge in [-0.3, -0.25) is 14.7 Å². The first-order valence-corrected chi connectivity index (χ1v) is 5.40. The summed E-state index contributed by atoms with van der Waals surface area (Å²) in [6.45, 7) is 4.61. The quantitative estimate of drug-likeness (QED) is 0.731. The third-order valence-electron chi connectivity index (χ3n) is 2.87. The van der Waals surface area contributed by atoms with Gasteiger partial charge in [0.1, 0.15) is 5.78 Å². The van der Waals surface area contributed by atoms with Gasteiger partial charge in [-0.25, -0.2) is 0 Å². The van der Waals surface area contributed by atoms with E-state index in [2.05, 4.69) is 9.88 Å². The Morgan fingerprint density at radius 2 is 2.40 bits per heavy atom. The van der Waals surface area contributed by atoms with E-state index >= 15 is 0 Å². The molecule has 0 saturated carbocycles. The monoisotopic (exact) mass is 204 g/mol. The molecule has 1 atom stereocenters. The summed E-state index contributed by atoms with van der Waals surface area (Å²) in [5, 5.41) is 0. The average Bonchev–Trinajstić information content (AvgIpc) is 2.25. The SMILES string of the molecule is C[C@H]1CN(Cc2ccccn2)CCC1=O. The summed E-state index contributed by atoms with van der Waals surface area (Å²) in [4.78, 5) is 17.9. The van der Waals surface area contributed by atoms with Crippen LogP contribution in [0.25, 0.3) is 0 Å². The maximum Gasteiger partial charge on any atom is 0.138 e. The zero-order valence-electron chi connectivity index (χ0n) is 9.02. The topological polar surface area (TPSA) is 33.2 Å². The van der Waals surface area contributed by atoms with Gasteiger partial charge in [-0.15, -0.1) is 0 Å². The van der Waals surface area contributed by atoms with Crippen molar-refractivity contribution in [3.63, 3.8) is 0 Å². The van der Waals surface area contributed by atoms with E-state index in [1.54, 1.807) is 0 Å². The molecule has 0 amide bonds. The van der Waals surface area contributed by atoms with E-state index in [9.17, 15) is 4.79 Å². The minimum absolute atomic E-state index is 0.183. The van der Waals surface area contributed by atoms with Crippen molar-refractivity contribution in [3.05, 3.63) is 30.1 Å². The van der Waals surface area contributed by atoms with Crippen molar-refractivity contribution in [2.75, 3.05) is 13.1 Å². The first-order valence-electron chi connectivity index (χ1n) is 5.40. The van der Waals surface area contributed by atoms with Gasteiger partial charge in [0.15, 0.2) is 0 Å². The minimum Gasteiger partial charge on any atom is -0.299 e. The molecule has 0 aliphatic carbocycles. The van der Waals surface area contributed by atoms with E-state index in [1.807, 2.05) is 31.3 Å². The number of pyridine rings is 1. The highest BCUT2D eigenvalue weighted by molar-refractivity contribution is 5.81. The summed E-state index contributed by atoms with van der Waals surface area (Å²) < 4.78 is 0. The number of rotatable bonds is 2. The van der Waals surface area contributed by atoms with Crippen LogP contribution in [0, 0.1) is 5.92 Å². The third-order valence-corrected chi connectivity index (χ3v) is 2.87. The van der Waals surface area contributed by atoms with E-state index in [0.717, 1.165) is 25.3 Å². The van der Waals surface area contributed by atoms with Crippen LogP contribution in [0.1, 0.15) is 19.0 Å². The molecule has 1 aromatic rings. The molecule has 0 radical (unpaired) electrons. The number of piperidine rings is 1. The zero-order chi connectivity index (χ0) is 10.7. The molecule has 0 N–H and O–H groups in total. The Hall–Kier alpha value is -1.22. The predicted octanol–water partition coefficient (Wildman–Crippen LogP) is 1.49. The molecule has 1 saturated heterocycles. The summed E-state index contributed by atoms with van der Waals surface area (Å²) in [6.07, 6.45) is 2.50. The minimum atomic E-state index is 0.183. The van der Waals surface area contributed by atoms with Gasteiger partial charge in [0.05, 0.1) is 5.69 Å². The normalized spacial score (nSPS) is 23.0. The lowest BCUT2D eigenvalue weighted by Gasteiger charge is -2.29. The second-order valence-electron chi connectivity index (χ2n) is 4.17. The summed E-state index contributed by atoms with van der Waals surface area (Å²) >= 11 is 0. The number of nitrogens with zero attached hydrogens (tertiary/aromatic N) is 2. The number of hydrogen-bond donors (Lipinski definition) is 0. The van der Waals surface area contributed by atoms with Gasteiger partial charge in [-0.05, 0) is 12.1 Å². The standard InChI is InChI=1S/C12H16N2O/c1-10-8-14(7-5-12(10)15)9-11-4-2-3-6-13-11/h2-4,6,10H,5,7-9H2,1H3/t10-/m0/s1. The van der Waals surface area contributed by atoms with Crippen LogP contribution in [0.4, 0.5) is 0 Å². The molecule has 0 spiro atoms. The van der Waals surface area contributed by atoms with Crippen LogP contribution in [0.3, 0.4) is 0 Å². The molecule has 2 heterocycles. The van der Waals surface area contributed by atoms with Crippen LogP contribution >= 0.6 is 0 Å². The van der Waals surface area contributed by atoms with Gasteiger partial charge in [-0.2, -0.15) is 0 Å². The lowest BCUT2D eigenvalue weighted by molar-refractivity contribution is -0.125. The summed E-state index contributed by atoms with van der Waals surface area (Å²) in [6, 6.07) is 5.95. The Kier molecular flexibility index (Phi) is 3.11. The smallest absolute Gasteiger partial charge is 0.138 e. The van der Waals surface area contributed by atoms with Gasteiger partial charge in [-0.1, -0.05) is 13.0 Å². The van der Waals surface area contributed by atoms with Gasteiger partial charge in [0.2, 0.25) is 0 Å². The molecule has 2 rings (SSSR count).